The first-order chi connectivity index (χ1) is 14.3. The molecule has 0 radical (unpaired) electrons. The van der Waals surface area contributed by atoms with Gasteiger partial charge in [0.15, 0.2) is 0 Å². The van der Waals surface area contributed by atoms with Crippen LogP contribution in [-0.4, -0.2) is 15.0 Å². The number of carbonyl (C=O) groups excluding carboxylic acids is 1. The van der Waals surface area contributed by atoms with E-state index in [1.165, 1.54) is 34.5 Å². The predicted octanol–water partition coefficient (Wildman–Crippen LogP) is 5.07. The number of nitrogens with one attached hydrogen (secondary N) is 1. The summed E-state index contributed by atoms with van der Waals surface area (Å²) in [6.45, 7) is 0. The number of fused-ring (bicyclic) bond motifs is 1. The molecule has 0 spiro atoms. The van der Waals surface area contributed by atoms with Crippen molar-refractivity contribution in [3.63, 3.8) is 0 Å². The molecule has 4 rings (SSSR count). The van der Waals surface area contributed by atoms with Gasteiger partial charge in [0.25, 0.3) is 5.91 Å². The number of aromatic nitrogens is 2. The Morgan fingerprint density at radius 1 is 1.00 bits per heavy atom. The van der Waals surface area contributed by atoms with Gasteiger partial charge in [0, 0.05) is 34.5 Å². The molecular formula is C22H17ClFN3O2S. The van der Waals surface area contributed by atoms with Crippen molar-refractivity contribution >= 4 is 46.0 Å². The van der Waals surface area contributed by atoms with Gasteiger partial charge in [-0.05, 0) is 54.6 Å². The lowest BCUT2D eigenvalue weighted by Crippen LogP contribution is -2.19. The molecule has 0 atom stereocenters. The van der Waals surface area contributed by atoms with Crippen molar-refractivity contribution in [1.82, 2.24) is 9.13 Å². The second kappa shape index (κ2) is 8.01. The normalized spacial score (nSPS) is 11.1. The Bertz CT molecular complexity index is 1330. The standard InChI is InChI=1S/C22H17ClFN3O2S/c1-26-18-11-17(25-21(28)13-4-3-5-15(24)10-13)20(12-19(18)27(2)22(26)29)30-16-8-6-14(23)7-9-16/h3-12H,1-2H3,(H,25,28). The Morgan fingerprint density at radius 3 is 2.33 bits per heavy atom. The van der Waals surface area contributed by atoms with Crippen LogP contribution in [-0.2, 0) is 14.1 Å². The number of anilines is 1. The second-order valence-electron chi connectivity index (χ2n) is 6.76. The summed E-state index contributed by atoms with van der Waals surface area (Å²) in [6.07, 6.45) is 0. The summed E-state index contributed by atoms with van der Waals surface area (Å²) >= 11 is 7.41. The van der Waals surface area contributed by atoms with Crippen LogP contribution in [0.15, 0.2) is 75.2 Å². The van der Waals surface area contributed by atoms with Gasteiger partial charge >= 0.3 is 5.69 Å². The van der Waals surface area contributed by atoms with E-state index in [1.54, 1.807) is 42.9 Å². The van der Waals surface area contributed by atoms with Gasteiger partial charge in [-0.3, -0.25) is 13.9 Å². The van der Waals surface area contributed by atoms with E-state index < -0.39 is 11.7 Å². The van der Waals surface area contributed by atoms with Crippen molar-refractivity contribution in [2.24, 2.45) is 14.1 Å². The number of hydrogen-bond acceptors (Lipinski definition) is 3. The molecule has 152 valence electrons. The number of nitrogens with zero attached hydrogens (tertiary/aromatic N) is 2. The quantitative estimate of drug-likeness (QED) is 0.481. The maximum atomic E-state index is 13.5. The lowest BCUT2D eigenvalue weighted by Gasteiger charge is -2.12. The zero-order valence-corrected chi connectivity index (χ0v) is 17.7. The third-order valence-electron chi connectivity index (χ3n) is 4.75. The first-order valence-electron chi connectivity index (χ1n) is 9.03. The lowest BCUT2D eigenvalue weighted by atomic mass is 10.2. The van der Waals surface area contributed by atoms with Crippen molar-refractivity contribution < 1.29 is 9.18 Å². The van der Waals surface area contributed by atoms with Crippen LogP contribution in [0.1, 0.15) is 10.4 Å². The molecule has 0 bridgehead atoms. The molecule has 0 unspecified atom stereocenters. The number of amides is 1. The van der Waals surface area contributed by atoms with Gasteiger partial charge in [0.1, 0.15) is 5.82 Å². The fourth-order valence-corrected chi connectivity index (χ4v) is 4.20. The van der Waals surface area contributed by atoms with Crippen LogP contribution >= 0.6 is 23.4 Å². The van der Waals surface area contributed by atoms with E-state index in [1.807, 2.05) is 18.2 Å². The first kappa shape index (κ1) is 20.3. The number of rotatable bonds is 4. The van der Waals surface area contributed by atoms with E-state index in [2.05, 4.69) is 5.32 Å². The number of hydrogen-bond donors (Lipinski definition) is 1. The summed E-state index contributed by atoms with van der Waals surface area (Å²) in [5.74, 6) is -0.924. The van der Waals surface area contributed by atoms with E-state index >= 15 is 0 Å². The maximum absolute atomic E-state index is 13.5. The average Bonchev–Trinajstić information content (AvgIpc) is 2.93. The minimum atomic E-state index is -0.487. The van der Waals surface area contributed by atoms with Crippen LogP contribution in [0, 0.1) is 5.82 Å². The van der Waals surface area contributed by atoms with Gasteiger partial charge < -0.3 is 5.32 Å². The van der Waals surface area contributed by atoms with E-state index in [9.17, 15) is 14.0 Å². The van der Waals surface area contributed by atoms with Crippen LogP contribution in [0.2, 0.25) is 5.02 Å². The highest BCUT2D eigenvalue weighted by atomic mass is 35.5. The molecule has 1 aromatic heterocycles. The number of imidazole rings is 1. The van der Waals surface area contributed by atoms with Crippen LogP contribution in [0.3, 0.4) is 0 Å². The summed E-state index contributed by atoms with van der Waals surface area (Å²) in [6, 6.07) is 16.4. The third kappa shape index (κ3) is 3.86. The Morgan fingerprint density at radius 2 is 1.67 bits per heavy atom. The van der Waals surface area contributed by atoms with Gasteiger partial charge in [-0.25, -0.2) is 9.18 Å². The molecule has 1 heterocycles. The first-order valence-corrected chi connectivity index (χ1v) is 10.2. The highest BCUT2D eigenvalue weighted by Crippen LogP contribution is 2.37. The molecule has 1 amide bonds. The summed E-state index contributed by atoms with van der Waals surface area (Å²) < 4.78 is 16.6. The number of carbonyl (C=O) groups is 1. The summed E-state index contributed by atoms with van der Waals surface area (Å²) in [5, 5.41) is 3.48. The summed E-state index contributed by atoms with van der Waals surface area (Å²) in [4.78, 5) is 26.8. The maximum Gasteiger partial charge on any atom is 0.328 e. The molecular weight excluding hydrogens is 425 g/mol. The number of aryl methyl sites for hydroxylation is 2. The average molecular weight is 442 g/mol. The molecule has 1 N–H and O–H groups in total. The topological polar surface area (TPSA) is 56.0 Å². The Hall–Kier alpha value is -3.03. The van der Waals surface area contributed by atoms with Gasteiger partial charge in [-0.2, -0.15) is 0 Å². The number of benzene rings is 3. The summed E-state index contributed by atoms with van der Waals surface area (Å²) in [5.41, 5.74) is 1.98. The molecule has 0 saturated heterocycles. The van der Waals surface area contributed by atoms with Crippen LogP contribution in [0.4, 0.5) is 10.1 Å². The third-order valence-corrected chi connectivity index (χ3v) is 6.07. The van der Waals surface area contributed by atoms with Crippen molar-refractivity contribution in [3.8, 4) is 0 Å². The predicted molar refractivity (Wildman–Crippen MR) is 118 cm³/mol. The van der Waals surface area contributed by atoms with Gasteiger partial charge in [-0.1, -0.05) is 29.4 Å². The highest BCUT2D eigenvalue weighted by Gasteiger charge is 2.16. The van der Waals surface area contributed by atoms with Crippen molar-refractivity contribution in [3.05, 3.63) is 87.6 Å². The SMILES string of the molecule is Cn1c(=O)n(C)c2cc(Sc3ccc(Cl)cc3)c(NC(=O)c3cccc(F)c3)cc21. The van der Waals surface area contributed by atoms with Gasteiger partial charge in [0.2, 0.25) is 0 Å². The van der Waals surface area contributed by atoms with Crippen LogP contribution < -0.4 is 11.0 Å². The van der Waals surface area contributed by atoms with E-state index in [-0.39, 0.29) is 11.3 Å². The zero-order chi connectivity index (χ0) is 21.4. The molecule has 0 aliphatic heterocycles. The molecule has 0 saturated carbocycles. The Kier molecular flexibility index (Phi) is 5.40. The summed E-state index contributed by atoms with van der Waals surface area (Å²) in [7, 11) is 3.38. The molecule has 5 nitrogen and oxygen atoms in total. The van der Waals surface area contributed by atoms with Crippen LogP contribution in [0.5, 0.6) is 0 Å². The van der Waals surface area contributed by atoms with Crippen molar-refractivity contribution in [2.45, 2.75) is 9.79 Å². The molecule has 3 aromatic carbocycles. The Balaban J connectivity index is 1.80. The van der Waals surface area contributed by atoms with E-state index in [0.717, 1.165) is 15.3 Å². The molecule has 0 aliphatic carbocycles. The minimum Gasteiger partial charge on any atom is -0.321 e. The Labute approximate surface area is 181 Å². The van der Waals surface area contributed by atoms with Gasteiger partial charge in [-0.15, -0.1) is 0 Å². The molecule has 4 aromatic rings. The van der Waals surface area contributed by atoms with Crippen LogP contribution in [0.25, 0.3) is 11.0 Å². The second-order valence-corrected chi connectivity index (χ2v) is 8.31. The highest BCUT2D eigenvalue weighted by molar-refractivity contribution is 7.99. The van der Waals surface area contributed by atoms with Crippen molar-refractivity contribution in [1.29, 1.82) is 0 Å². The fourth-order valence-electron chi connectivity index (χ4n) is 3.16. The minimum absolute atomic E-state index is 0.166. The molecule has 0 aliphatic rings. The smallest absolute Gasteiger partial charge is 0.321 e. The largest absolute Gasteiger partial charge is 0.328 e. The molecule has 30 heavy (non-hydrogen) atoms. The van der Waals surface area contributed by atoms with Crippen molar-refractivity contribution in [2.75, 3.05) is 5.32 Å². The van der Waals surface area contributed by atoms with E-state index in [0.29, 0.717) is 16.2 Å². The zero-order valence-electron chi connectivity index (χ0n) is 16.1. The number of halogens is 2. The van der Waals surface area contributed by atoms with Gasteiger partial charge in [0.05, 0.1) is 16.7 Å². The fraction of sp³-hybridized carbons (Fsp3) is 0.0909. The lowest BCUT2D eigenvalue weighted by molar-refractivity contribution is 0.102. The monoisotopic (exact) mass is 441 g/mol. The van der Waals surface area contributed by atoms with E-state index in [4.69, 9.17) is 11.6 Å². The molecule has 8 heteroatoms. The molecule has 0 fully saturated rings.